The summed E-state index contributed by atoms with van der Waals surface area (Å²) in [6.07, 6.45) is 4.03. The third kappa shape index (κ3) is 4.03. The third-order valence-corrected chi connectivity index (χ3v) is 4.35. The lowest BCUT2D eigenvalue weighted by Crippen LogP contribution is -2.45. The molecule has 0 unspecified atom stereocenters. The van der Waals surface area contributed by atoms with Crippen molar-refractivity contribution in [2.75, 3.05) is 46.3 Å². The minimum atomic E-state index is 0.722. The Morgan fingerprint density at radius 3 is 2.76 bits per heavy atom. The Kier molecular flexibility index (Phi) is 4.91. The van der Waals surface area contributed by atoms with Crippen LogP contribution in [0.1, 0.15) is 9.88 Å². The molecule has 0 amide bonds. The fourth-order valence-electron chi connectivity index (χ4n) is 2.05. The van der Waals surface area contributed by atoms with Gasteiger partial charge in [0.15, 0.2) is 0 Å². The second-order valence-corrected chi connectivity index (χ2v) is 5.85. The predicted molar refractivity (Wildman–Crippen MR) is 72.5 cm³/mol. The Balaban J connectivity index is 1.73. The van der Waals surface area contributed by atoms with E-state index in [1.54, 1.807) is 0 Å². The molecule has 0 aromatic carbocycles. The third-order valence-electron chi connectivity index (χ3n) is 3.23. The van der Waals surface area contributed by atoms with Gasteiger partial charge in [-0.25, -0.2) is 4.98 Å². The summed E-state index contributed by atoms with van der Waals surface area (Å²) in [7, 11) is 2.19. The summed E-state index contributed by atoms with van der Waals surface area (Å²) in [4.78, 5) is 10.7. The molecule has 1 aromatic rings. The quantitative estimate of drug-likeness (QED) is 0.828. The number of hydrogen-bond acceptors (Lipinski definition) is 5. The maximum atomic E-state index is 5.54. The molecule has 4 nitrogen and oxygen atoms in total. The van der Waals surface area contributed by atoms with E-state index in [0.29, 0.717) is 0 Å². The Morgan fingerprint density at radius 2 is 2.06 bits per heavy atom. The van der Waals surface area contributed by atoms with E-state index >= 15 is 0 Å². The highest BCUT2D eigenvalue weighted by molar-refractivity contribution is 7.11. The molecule has 96 valence electrons. The molecule has 1 aromatic heterocycles. The fourth-order valence-corrected chi connectivity index (χ4v) is 2.97. The van der Waals surface area contributed by atoms with Gasteiger partial charge in [0.25, 0.3) is 0 Å². The van der Waals surface area contributed by atoms with E-state index in [1.807, 2.05) is 17.5 Å². The first-order chi connectivity index (χ1) is 8.28. The van der Waals surface area contributed by atoms with E-state index in [1.165, 1.54) is 36.1 Å². The van der Waals surface area contributed by atoms with Gasteiger partial charge in [-0.15, -0.1) is 11.3 Å². The largest absolute Gasteiger partial charge is 0.330 e. The first-order valence-electron chi connectivity index (χ1n) is 6.32. The SMILES string of the molecule is CN1CCN(CCc2ncc(CCN)s2)CC1. The van der Waals surface area contributed by atoms with Gasteiger partial charge >= 0.3 is 0 Å². The molecule has 0 radical (unpaired) electrons. The van der Waals surface area contributed by atoms with Gasteiger partial charge in [0.1, 0.15) is 0 Å². The second kappa shape index (κ2) is 6.44. The summed E-state index contributed by atoms with van der Waals surface area (Å²) >= 11 is 1.82. The molecule has 1 aliphatic rings. The van der Waals surface area contributed by atoms with Crippen LogP contribution < -0.4 is 5.73 Å². The standard InChI is InChI=1S/C12H22N4S/c1-15-6-8-16(9-7-15)5-3-12-14-10-11(17-12)2-4-13/h10H,2-9,13H2,1H3. The highest BCUT2D eigenvalue weighted by atomic mass is 32.1. The van der Waals surface area contributed by atoms with Gasteiger partial charge in [0.2, 0.25) is 0 Å². The number of aromatic nitrogens is 1. The number of nitrogens with zero attached hydrogens (tertiary/aromatic N) is 3. The maximum Gasteiger partial charge on any atom is 0.0940 e. The van der Waals surface area contributed by atoms with E-state index in [-0.39, 0.29) is 0 Å². The monoisotopic (exact) mass is 254 g/mol. The van der Waals surface area contributed by atoms with Crippen molar-refractivity contribution in [2.24, 2.45) is 5.73 Å². The van der Waals surface area contributed by atoms with E-state index in [2.05, 4.69) is 21.8 Å². The van der Waals surface area contributed by atoms with Gasteiger partial charge in [-0.2, -0.15) is 0 Å². The summed E-state index contributed by atoms with van der Waals surface area (Å²) in [6, 6.07) is 0. The van der Waals surface area contributed by atoms with Crippen molar-refractivity contribution in [1.82, 2.24) is 14.8 Å². The van der Waals surface area contributed by atoms with Crippen LogP contribution in [-0.4, -0.2) is 61.1 Å². The molecule has 2 rings (SSSR count). The van der Waals surface area contributed by atoms with Crippen molar-refractivity contribution in [1.29, 1.82) is 0 Å². The molecule has 1 aliphatic heterocycles. The predicted octanol–water partition coefficient (Wildman–Crippen LogP) is 0.434. The van der Waals surface area contributed by atoms with Crippen LogP contribution in [0.3, 0.4) is 0 Å². The molecule has 0 bridgehead atoms. The van der Waals surface area contributed by atoms with Crippen LogP contribution in [0.5, 0.6) is 0 Å². The van der Waals surface area contributed by atoms with E-state index in [4.69, 9.17) is 5.73 Å². The maximum absolute atomic E-state index is 5.54. The van der Waals surface area contributed by atoms with Crippen molar-refractivity contribution >= 4 is 11.3 Å². The summed E-state index contributed by atoms with van der Waals surface area (Å²) in [6.45, 7) is 6.63. The van der Waals surface area contributed by atoms with Crippen molar-refractivity contribution in [3.05, 3.63) is 16.1 Å². The van der Waals surface area contributed by atoms with Crippen LogP contribution in [-0.2, 0) is 12.8 Å². The van der Waals surface area contributed by atoms with Gasteiger partial charge < -0.3 is 15.5 Å². The number of likely N-dealkylation sites (N-methyl/N-ethyl adjacent to an activating group) is 1. The lowest BCUT2D eigenvalue weighted by Gasteiger charge is -2.32. The zero-order valence-corrected chi connectivity index (χ0v) is 11.4. The Morgan fingerprint density at radius 1 is 1.29 bits per heavy atom. The number of rotatable bonds is 5. The summed E-state index contributed by atoms with van der Waals surface area (Å²) < 4.78 is 0. The van der Waals surface area contributed by atoms with Crippen LogP contribution in [0.2, 0.25) is 0 Å². The van der Waals surface area contributed by atoms with Gasteiger partial charge in [-0.3, -0.25) is 0 Å². The van der Waals surface area contributed by atoms with Crippen molar-refractivity contribution in [3.63, 3.8) is 0 Å². The zero-order valence-electron chi connectivity index (χ0n) is 10.6. The molecule has 0 aliphatic carbocycles. The smallest absolute Gasteiger partial charge is 0.0940 e. The van der Waals surface area contributed by atoms with Crippen molar-refractivity contribution in [2.45, 2.75) is 12.8 Å². The average Bonchev–Trinajstić information content (AvgIpc) is 2.77. The lowest BCUT2D eigenvalue weighted by atomic mass is 10.3. The highest BCUT2D eigenvalue weighted by Crippen LogP contribution is 2.14. The van der Waals surface area contributed by atoms with E-state index < -0.39 is 0 Å². The number of piperazine rings is 1. The lowest BCUT2D eigenvalue weighted by molar-refractivity contribution is 0.155. The summed E-state index contributed by atoms with van der Waals surface area (Å²) in [5, 5.41) is 1.26. The van der Waals surface area contributed by atoms with Gasteiger partial charge in [-0.1, -0.05) is 0 Å². The summed E-state index contributed by atoms with van der Waals surface area (Å²) in [5.74, 6) is 0. The van der Waals surface area contributed by atoms with E-state index in [9.17, 15) is 0 Å². The van der Waals surface area contributed by atoms with Gasteiger partial charge in [-0.05, 0) is 20.0 Å². The first kappa shape index (κ1) is 13.0. The Hall–Kier alpha value is -0.490. The zero-order chi connectivity index (χ0) is 12.1. The molecular weight excluding hydrogens is 232 g/mol. The molecule has 2 N–H and O–H groups in total. The van der Waals surface area contributed by atoms with Crippen LogP contribution in [0.4, 0.5) is 0 Å². The van der Waals surface area contributed by atoms with Crippen LogP contribution >= 0.6 is 11.3 Å². The van der Waals surface area contributed by atoms with Crippen LogP contribution in [0, 0.1) is 0 Å². The van der Waals surface area contributed by atoms with Crippen molar-refractivity contribution in [3.8, 4) is 0 Å². The minimum Gasteiger partial charge on any atom is -0.330 e. The molecule has 0 saturated carbocycles. The first-order valence-corrected chi connectivity index (χ1v) is 7.14. The molecule has 17 heavy (non-hydrogen) atoms. The normalized spacial score (nSPS) is 18.7. The summed E-state index contributed by atoms with van der Waals surface area (Å²) in [5.41, 5.74) is 5.54. The van der Waals surface area contributed by atoms with Crippen LogP contribution in [0.15, 0.2) is 6.20 Å². The van der Waals surface area contributed by atoms with Crippen molar-refractivity contribution < 1.29 is 0 Å². The minimum absolute atomic E-state index is 0.722. The molecule has 1 saturated heterocycles. The Labute approximate surface area is 107 Å². The molecule has 0 spiro atoms. The average molecular weight is 254 g/mol. The highest BCUT2D eigenvalue weighted by Gasteiger charge is 2.13. The molecular formula is C12H22N4S. The second-order valence-electron chi connectivity index (χ2n) is 4.65. The number of hydrogen-bond donors (Lipinski definition) is 1. The molecule has 0 atom stereocenters. The Bertz CT molecular complexity index is 331. The molecule has 1 fully saturated rings. The topological polar surface area (TPSA) is 45.4 Å². The van der Waals surface area contributed by atoms with Gasteiger partial charge in [0.05, 0.1) is 5.01 Å². The molecule has 5 heteroatoms. The van der Waals surface area contributed by atoms with Crippen LogP contribution in [0.25, 0.3) is 0 Å². The van der Waals surface area contributed by atoms with E-state index in [0.717, 1.165) is 25.9 Å². The fraction of sp³-hybridized carbons (Fsp3) is 0.750. The number of nitrogens with two attached hydrogens (primary N) is 1. The van der Waals surface area contributed by atoms with Gasteiger partial charge in [0, 0.05) is 50.2 Å². The molecule has 2 heterocycles. The number of thiazole rings is 1.